The molecule has 3 heteroatoms. The number of halogens is 1. The third-order valence-corrected chi connectivity index (χ3v) is 6.15. The van der Waals surface area contributed by atoms with Crippen molar-refractivity contribution in [3.05, 3.63) is 34.9 Å². The minimum absolute atomic E-state index is 0.0921. The van der Waals surface area contributed by atoms with Crippen molar-refractivity contribution < 1.29 is 4.57 Å². The lowest BCUT2D eigenvalue weighted by molar-refractivity contribution is 0.536. The van der Waals surface area contributed by atoms with Crippen LogP contribution in [0.3, 0.4) is 0 Å². The molecule has 15 heavy (non-hydrogen) atoms. The highest BCUT2D eigenvalue weighted by molar-refractivity contribution is 7.63. The van der Waals surface area contributed by atoms with Crippen LogP contribution < -0.4 is 0 Å². The third kappa shape index (κ3) is 2.29. The first-order valence-electron chi connectivity index (χ1n) is 5.23. The normalized spacial score (nSPS) is 35.7. The van der Waals surface area contributed by atoms with E-state index in [1.807, 2.05) is 18.8 Å². The Morgan fingerprint density at radius 2 is 1.93 bits per heavy atom. The van der Waals surface area contributed by atoms with Crippen molar-refractivity contribution >= 4 is 18.7 Å². The van der Waals surface area contributed by atoms with Gasteiger partial charge in [-0.25, -0.2) is 0 Å². The van der Waals surface area contributed by atoms with E-state index in [2.05, 4.69) is 19.1 Å². The molecule has 2 atom stereocenters. The molecule has 0 N–H and O–H groups in total. The average molecular weight is 243 g/mol. The molecule has 1 nitrogen and oxygen atoms in total. The van der Waals surface area contributed by atoms with Gasteiger partial charge in [-0.3, -0.25) is 0 Å². The maximum atomic E-state index is 12.0. The summed E-state index contributed by atoms with van der Waals surface area (Å²) in [5.74, 6) is 0. The van der Waals surface area contributed by atoms with Crippen LogP contribution in [0, 0.1) is 0 Å². The number of benzene rings is 1. The number of hydrogen-bond acceptors (Lipinski definition) is 1. The van der Waals surface area contributed by atoms with Crippen LogP contribution in [0.4, 0.5) is 0 Å². The monoisotopic (exact) mass is 242 g/mol. The van der Waals surface area contributed by atoms with Crippen molar-refractivity contribution in [3.8, 4) is 0 Å². The lowest BCUT2D eigenvalue weighted by atomic mass is 9.82. The highest BCUT2D eigenvalue weighted by Gasteiger charge is 2.40. The van der Waals surface area contributed by atoms with Crippen LogP contribution in [0.5, 0.6) is 0 Å². The van der Waals surface area contributed by atoms with E-state index in [1.54, 1.807) is 0 Å². The molecule has 1 fully saturated rings. The molecule has 1 aliphatic rings. The SMILES string of the molecule is C[C@]1(c2ccc(Cl)cc2)CC[P@@](C)(=O)C1. The summed E-state index contributed by atoms with van der Waals surface area (Å²) in [6.45, 7) is 4.13. The largest absolute Gasteiger partial charge is 0.324 e. The van der Waals surface area contributed by atoms with Gasteiger partial charge in [-0.2, -0.15) is 0 Å². The molecule has 0 spiro atoms. The van der Waals surface area contributed by atoms with Crippen LogP contribution >= 0.6 is 18.7 Å². The van der Waals surface area contributed by atoms with E-state index in [9.17, 15) is 4.57 Å². The molecule has 1 aromatic carbocycles. The average Bonchev–Trinajstić information content (AvgIpc) is 2.43. The van der Waals surface area contributed by atoms with Gasteiger partial charge in [0.15, 0.2) is 0 Å². The van der Waals surface area contributed by atoms with Crippen molar-refractivity contribution in [3.63, 3.8) is 0 Å². The van der Waals surface area contributed by atoms with Gasteiger partial charge in [0, 0.05) is 17.3 Å². The summed E-state index contributed by atoms with van der Waals surface area (Å²) < 4.78 is 12.0. The van der Waals surface area contributed by atoms with Crippen LogP contribution in [0.25, 0.3) is 0 Å². The van der Waals surface area contributed by atoms with E-state index >= 15 is 0 Å². The summed E-state index contributed by atoms with van der Waals surface area (Å²) in [4.78, 5) is 0. The zero-order chi connectivity index (χ0) is 11.1. The van der Waals surface area contributed by atoms with Crippen molar-refractivity contribution in [2.75, 3.05) is 19.0 Å². The molecule has 1 saturated heterocycles. The Labute approximate surface area is 96.2 Å². The van der Waals surface area contributed by atoms with Gasteiger partial charge in [0.2, 0.25) is 0 Å². The van der Waals surface area contributed by atoms with Crippen LogP contribution in [0.15, 0.2) is 24.3 Å². The Hall–Kier alpha value is -0.260. The number of rotatable bonds is 1. The Balaban J connectivity index is 2.31. The van der Waals surface area contributed by atoms with Crippen LogP contribution in [-0.4, -0.2) is 19.0 Å². The van der Waals surface area contributed by atoms with E-state index in [-0.39, 0.29) is 5.41 Å². The molecule has 2 rings (SSSR count). The topological polar surface area (TPSA) is 17.1 Å². The summed E-state index contributed by atoms with van der Waals surface area (Å²) in [7, 11) is -1.88. The van der Waals surface area contributed by atoms with Gasteiger partial charge in [-0.15, -0.1) is 0 Å². The molecule has 0 radical (unpaired) electrons. The van der Waals surface area contributed by atoms with E-state index in [4.69, 9.17) is 11.6 Å². The van der Waals surface area contributed by atoms with Gasteiger partial charge < -0.3 is 4.57 Å². The molecule has 1 aliphatic heterocycles. The Morgan fingerprint density at radius 3 is 2.40 bits per heavy atom. The second-order valence-corrected chi connectivity index (χ2v) is 8.79. The van der Waals surface area contributed by atoms with Gasteiger partial charge in [0.05, 0.1) is 7.14 Å². The predicted octanol–water partition coefficient (Wildman–Crippen LogP) is 3.99. The van der Waals surface area contributed by atoms with Crippen molar-refractivity contribution in [1.82, 2.24) is 0 Å². The Bertz CT molecular complexity index is 412. The van der Waals surface area contributed by atoms with E-state index in [1.165, 1.54) is 5.56 Å². The first-order valence-corrected chi connectivity index (χ1v) is 8.13. The lowest BCUT2D eigenvalue weighted by Gasteiger charge is -2.24. The second-order valence-electron chi connectivity index (χ2n) is 5.00. The summed E-state index contributed by atoms with van der Waals surface area (Å²) in [5, 5.41) is 0.764. The molecule has 0 aliphatic carbocycles. The molecule has 1 heterocycles. The quantitative estimate of drug-likeness (QED) is 0.681. The number of hydrogen-bond donors (Lipinski definition) is 0. The molecule has 1 aromatic rings. The Morgan fingerprint density at radius 1 is 1.33 bits per heavy atom. The fourth-order valence-corrected chi connectivity index (χ4v) is 5.54. The molecular formula is C12H16ClOP. The standard InChI is InChI=1S/C12H16ClOP/c1-12(7-8-15(2,14)9-12)10-3-5-11(13)6-4-10/h3-6H,7-9H2,1-2H3/t12-,15+/m0/s1. The zero-order valence-electron chi connectivity index (χ0n) is 9.16. The van der Waals surface area contributed by atoms with Gasteiger partial charge in [0.1, 0.15) is 0 Å². The fraction of sp³-hybridized carbons (Fsp3) is 0.500. The van der Waals surface area contributed by atoms with Crippen LogP contribution in [0.1, 0.15) is 18.9 Å². The summed E-state index contributed by atoms with van der Waals surface area (Å²) in [6.07, 6.45) is 2.75. The van der Waals surface area contributed by atoms with Crippen LogP contribution in [0.2, 0.25) is 5.02 Å². The van der Waals surface area contributed by atoms with Crippen molar-refractivity contribution in [1.29, 1.82) is 0 Å². The van der Waals surface area contributed by atoms with E-state index < -0.39 is 7.14 Å². The first-order chi connectivity index (χ1) is 6.91. The first kappa shape index (κ1) is 11.2. The summed E-state index contributed by atoms with van der Waals surface area (Å²) in [5.41, 5.74) is 1.36. The smallest absolute Gasteiger partial charge is 0.0857 e. The van der Waals surface area contributed by atoms with Crippen LogP contribution in [-0.2, 0) is 9.98 Å². The van der Waals surface area contributed by atoms with Gasteiger partial charge >= 0.3 is 0 Å². The maximum Gasteiger partial charge on any atom is 0.0857 e. The highest BCUT2D eigenvalue weighted by atomic mass is 35.5. The van der Waals surface area contributed by atoms with Crippen molar-refractivity contribution in [2.45, 2.75) is 18.8 Å². The molecular weight excluding hydrogens is 227 g/mol. The molecule has 0 unspecified atom stereocenters. The second kappa shape index (κ2) is 3.64. The lowest BCUT2D eigenvalue weighted by Crippen LogP contribution is -2.20. The van der Waals surface area contributed by atoms with Gasteiger partial charge in [-0.05, 0) is 36.2 Å². The molecule has 0 aromatic heterocycles. The predicted molar refractivity (Wildman–Crippen MR) is 66.7 cm³/mol. The minimum Gasteiger partial charge on any atom is -0.324 e. The highest BCUT2D eigenvalue weighted by Crippen LogP contribution is 2.56. The molecule has 82 valence electrons. The molecule has 0 saturated carbocycles. The van der Waals surface area contributed by atoms with Gasteiger partial charge in [0.25, 0.3) is 0 Å². The Kier molecular flexibility index (Phi) is 2.73. The summed E-state index contributed by atoms with van der Waals surface area (Å²) in [6, 6.07) is 7.96. The minimum atomic E-state index is -1.88. The van der Waals surface area contributed by atoms with Gasteiger partial charge in [-0.1, -0.05) is 30.7 Å². The maximum absolute atomic E-state index is 12.0. The van der Waals surface area contributed by atoms with Crippen molar-refractivity contribution in [2.24, 2.45) is 0 Å². The zero-order valence-corrected chi connectivity index (χ0v) is 10.8. The fourth-order valence-electron chi connectivity index (χ4n) is 2.47. The molecule has 0 bridgehead atoms. The van der Waals surface area contributed by atoms with E-state index in [0.717, 1.165) is 23.8 Å². The third-order valence-electron chi connectivity index (χ3n) is 3.36. The summed E-state index contributed by atoms with van der Waals surface area (Å²) >= 11 is 5.87. The molecule has 0 amide bonds. The van der Waals surface area contributed by atoms with E-state index in [0.29, 0.717) is 0 Å².